The van der Waals surface area contributed by atoms with Gasteiger partial charge in [-0.15, -0.1) is 0 Å². The Morgan fingerprint density at radius 1 is 0.844 bits per heavy atom. The fourth-order valence-corrected chi connectivity index (χ4v) is 4.91. The van der Waals surface area contributed by atoms with Gasteiger partial charge in [-0.05, 0) is 49.5 Å². The second-order valence-electron chi connectivity index (χ2n) is 7.81. The molecule has 0 atom stereocenters. The molecule has 9 heteroatoms. The molecule has 0 spiro atoms. The largest absolute Gasteiger partial charge is 0.497 e. The highest BCUT2D eigenvalue weighted by Gasteiger charge is 2.31. The molecule has 8 nitrogen and oxygen atoms in total. The first kappa shape index (κ1) is 23.8. The fourth-order valence-electron chi connectivity index (χ4n) is 3.35. The summed E-state index contributed by atoms with van der Waals surface area (Å²) in [5.41, 5.74) is 2.35. The molecule has 0 saturated carbocycles. The van der Waals surface area contributed by atoms with Crippen LogP contribution in [-0.4, -0.2) is 55.5 Å². The van der Waals surface area contributed by atoms with E-state index in [2.05, 4.69) is 4.98 Å². The maximum absolute atomic E-state index is 13.8. The fraction of sp³-hybridized carbons (Fsp3) is 0.348. The highest BCUT2D eigenvalue weighted by Crippen LogP contribution is 2.25. The van der Waals surface area contributed by atoms with Crippen molar-refractivity contribution in [2.45, 2.75) is 24.7 Å². The molecular formula is C23H30N4O4S. The molecule has 1 heterocycles. The SMILES string of the molecule is COc1ccc(CN(Cc2ccc(OC)cc2)S(=O)(=O)c2ncn(C)c2CN(C)C)cc1. The average Bonchev–Trinajstić information content (AvgIpc) is 3.14. The van der Waals surface area contributed by atoms with E-state index >= 15 is 0 Å². The number of hydrogen-bond acceptors (Lipinski definition) is 6. The van der Waals surface area contributed by atoms with Crippen LogP contribution in [0.3, 0.4) is 0 Å². The summed E-state index contributed by atoms with van der Waals surface area (Å²) in [6.45, 7) is 0.872. The third kappa shape index (κ3) is 5.48. The Kier molecular flexibility index (Phi) is 7.55. The number of benzene rings is 2. The summed E-state index contributed by atoms with van der Waals surface area (Å²) < 4.78 is 41.2. The highest BCUT2D eigenvalue weighted by molar-refractivity contribution is 7.89. The second kappa shape index (κ2) is 10.2. The Hall–Kier alpha value is -2.88. The monoisotopic (exact) mass is 458 g/mol. The molecule has 172 valence electrons. The molecule has 0 amide bonds. The van der Waals surface area contributed by atoms with Crippen molar-refractivity contribution >= 4 is 10.0 Å². The van der Waals surface area contributed by atoms with Crippen molar-refractivity contribution in [3.05, 3.63) is 71.7 Å². The third-order valence-electron chi connectivity index (χ3n) is 5.11. The second-order valence-corrected chi connectivity index (χ2v) is 9.67. The lowest BCUT2D eigenvalue weighted by molar-refractivity contribution is 0.378. The maximum Gasteiger partial charge on any atom is 0.263 e. The van der Waals surface area contributed by atoms with Gasteiger partial charge in [0, 0.05) is 26.7 Å². The molecule has 0 radical (unpaired) electrons. The lowest BCUT2D eigenvalue weighted by Gasteiger charge is -2.23. The van der Waals surface area contributed by atoms with E-state index < -0.39 is 10.0 Å². The van der Waals surface area contributed by atoms with Gasteiger partial charge in [0.25, 0.3) is 10.0 Å². The van der Waals surface area contributed by atoms with Gasteiger partial charge in [0.1, 0.15) is 11.5 Å². The molecule has 2 aromatic carbocycles. The zero-order chi connectivity index (χ0) is 23.3. The third-order valence-corrected chi connectivity index (χ3v) is 6.87. The van der Waals surface area contributed by atoms with Gasteiger partial charge in [-0.3, -0.25) is 0 Å². The molecular weight excluding hydrogens is 428 g/mol. The van der Waals surface area contributed by atoms with Crippen LogP contribution in [0.4, 0.5) is 0 Å². The van der Waals surface area contributed by atoms with Crippen LogP contribution < -0.4 is 9.47 Å². The van der Waals surface area contributed by atoms with E-state index in [9.17, 15) is 8.42 Å². The van der Waals surface area contributed by atoms with E-state index in [1.54, 1.807) is 25.1 Å². The predicted molar refractivity (Wildman–Crippen MR) is 123 cm³/mol. The molecule has 0 bridgehead atoms. The van der Waals surface area contributed by atoms with E-state index in [1.807, 2.05) is 74.6 Å². The number of ether oxygens (including phenoxy) is 2. The zero-order valence-corrected chi connectivity index (χ0v) is 20.0. The molecule has 0 aliphatic rings. The van der Waals surface area contributed by atoms with E-state index in [1.165, 1.54) is 4.31 Å². The summed E-state index contributed by atoms with van der Waals surface area (Å²) in [7, 11) is 4.93. The first-order chi connectivity index (χ1) is 15.2. The van der Waals surface area contributed by atoms with Crippen molar-refractivity contribution in [3.63, 3.8) is 0 Å². The summed E-state index contributed by atoms with van der Waals surface area (Å²) >= 11 is 0. The van der Waals surface area contributed by atoms with Gasteiger partial charge in [-0.25, -0.2) is 13.4 Å². The normalized spacial score (nSPS) is 11.8. The number of sulfonamides is 1. The van der Waals surface area contributed by atoms with Crippen molar-refractivity contribution < 1.29 is 17.9 Å². The summed E-state index contributed by atoms with van der Waals surface area (Å²) in [5.74, 6) is 1.44. The number of hydrogen-bond donors (Lipinski definition) is 0. The highest BCUT2D eigenvalue weighted by atomic mass is 32.2. The quantitative estimate of drug-likeness (QED) is 0.465. The van der Waals surface area contributed by atoms with Crippen molar-refractivity contribution in [1.29, 1.82) is 0 Å². The standard InChI is InChI=1S/C23H30N4O4S/c1-25(2)16-22-23(24-17-26(22)3)32(28,29)27(14-18-6-10-20(30-4)11-7-18)15-19-8-12-21(31-5)13-9-19/h6-13,17H,14-16H2,1-5H3. The van der Waals surface area contributed by atoms with Crippen LogP contribution in [0.25, 0.3) is 0 Å². The minimum atomic E-state index is -3.87. The Morgan fingerprint density at radius 3 is 1.72 bits per heavy atom. The molecule has 3 aromatic rings. The Balaban J connectivity index is 1.99. The number of imidazole rings is 1. The van der Waals surface area contributed by atoms with E-state index in [4.69, 9.17) is 9.47 Å². The van der Waals surface area contributed by atoms with Crippen LogP contribution >= 0.6 is 0 Å². The zero-order valence-electron chi connectivity index (χ0n) is 19.1. The topological polar surface area (TPSA) is 76.9 Å². The van der Waals surface area contributed by atoms with Crippen molar-refractivity contribution in [2.24, 2.45) is 7.05 Å². The summed E-state index contributed by atoms with van der Waals surface area (Å²) in [4.78, 5) is 6.19. The number of methoxy groups -OCH3 is 2. The first-order valence-corrected chi connectivity index (χ1v) is 11.6. The molecule has 3 rings (SSSR count). The molecule has 0 saturated heterocycles. The van der Waals surface area contributed by atoms with Crippen molar-refractivity contribution in [1.82, 2.24) is 18.8 Å². The smallest absolute Gasteiger partial charge is 0.263 e. The average molecular weight is 459 g/mol. The number of nitrogens with zero attached hydrogens (tertiary/aromatic N) is 4. The van der Waals surface area contributed by atoms with Gasteiger partial charge < -0.3 is 18.9 Å². The Morgan fingerprint density at radius 2 is 1.31 bits per heavy atom. The number of aromatic nitrogens is 2. The van der Waals surface area contributed by atoms with Gasteiger partial charge >= 0.3 is 0 Å². The Labute approximate surface area is 190 Å². The van der Waals surface area contributed by atoms with Gasteiger partial charge in [0.2, 0.25) is 0 Å². The molecule has 0 N–H and O–H groups in total. The summed E-state index contributed by atoms with van der Waals surface area (Å²) in [6, 6.07) is 14.8. The van der Waals surface area contributed by atoms with Crippen LogP contribution in [0, 0.1) is 0 Å². The molecule has 0 fully saturated rings. The van der Waals surface area contributed by atoms with Crippen LogP contribution in [0.2, 0.25) is 0 Å². The van der Waals surface area contributed by atoms with Gasteiger partial charge in [-0.2, -0.15) is 4.31 Å². The lowest BCUT2D eigenvalue weighted by atomic mass is 10.2. The molecule has 32 heavy (non-hydrogen) atoms. The van der Waals surface area contributed by atoms with Crippen LogP contribution in [-0.2, 0) is 36.7 Å². The van der Waals surface area contributed by atoms with Gasteiger partial charge in [-0.1, -0.05) is 24.3 Å². The first-order valence-electron chi connectivity index (χ1n) is 10.2. The van der Waals surface area contributed by atoms with E-state index in [0.717, 1.165) is 22.6 Å². The number of aryl methyl sites for hydroxylation is 1. The molecule has 0 aliphatic carbocycles. The van der Waals surface area contributed by atoms with Crippen molar-refractivity contribution in [2.75, 3.05) is 28.3 Å². The molecule has 0 aliphatic heterocycles. The molecule has 0 unspecified atom stereocenters. The summed E-state index contributed by atoms with van der Waals surface area (Å²) in [5, 5.41) is 0.0794. The molecule has 1 aromatic heterocycles. The Bertz CT molecular complexity index is 1070. The predicted octanol–water partition coefficient (Wildman–Crippen LogP) is 2.89. The van der Waals surface area contributed by atoms with Crippen molar-refractivity contribution in [3.8, 4) is 11.5 Å². The summed E-state index contributed by atoms with van der Waals surface area (Å²) in [6.07, 6.45) is 1.55. The van der Waals surface area contributed by atoms with Crippen LogP contribution in [0.5, 0.6) is 11.5 Å². The minimum Gasteiger partial charge on any atom is -0.497 e. The lowest BCUT2D eigenvalue weighted by Crippen LogP contribution is -2.32. The maximum atomic E-state index is 13.8. The van der Waals surface area contributed by atoms with Gasteiger partial charge in [0.05, 0.1) is 26.2 Å². The van der Waals surface area contributed by atoms with Crippen LogP contribution in [0.1, 0.15) is 16.8 Å². The van der Waals surface area contributed by atoms with Gasteiger partial charge in [0.15, 0.2) is 5.03 Å². The minimum absolute atomic E-state index is 0.0794. The van der Waals surface area contributed by atoms with E-state index in [0.29, 0.717) is 12.2 Å². The van der Waals surface area contributed by atoms with E-state index in [-0.39, 0.29) is 18.1 Å². The number of rotatable bonds is 10. The van der Waals surface area contributed by atoms with Crippen LogP contribution in [0.15, 0.2) is 59.9 Å².